The van der Waals surface area contributed by atoms with Crippen LogP contribution >= 0.6 is 24.8 Å². The van der Waals surface area contributed by atoms with Gasteiger partial charge < -0.3 is 15.5 Å². The summed E-state index contributed by atoms with van der Waals surface area (Å²) < 4.78 is 31.6. The molecule has 1 aliphatic heterocycles. The summed E-state index contributed by atoms with van der Waals surface area (Å²) in [5.74, 6) is 0.165. The Kier molecular flexibility index (Phi) is 11.0. The number of benzene rings is 2. The lowest BCUT2D eigenvalue weighted by atomic mass is 9.88. The summed E-state index contributed by atoms with van der Waals surface area (Å²) in [6, 6.07) is 14.5. The summed E-state index contributed by atoms with van der Waals surface area (Å²) in [5.41, 5.74) is 7.48. The number of carbonyl (C=O) groups excluding carboxylic acids is 1. The van der Waals surface area contributed by atoms with Crippen LogP contribution in [0.1, 0.15) is 37.2 Å². The molecule has 1 aliphatic rings. The third-order valence-electron chi connectivity index (χ3n) is 6.34. The number of carbonyl (C=O) groups is 1. The van der Waals surface area contributed by atoms with E-state index in [0.717, 1.165) is 48.9 Å². The molecule has 0 spiro atoms. The van der Waals surface area contributed by atoms with Crippen LogP contribution in [0, 0.1) is 0 Å². The Morgan fingerprint density at radius 1 is 1.06 bits per heavy atom. The predicted octanol–water partition coefficient (Wildman–Crippen LogP) is 4.31. The van der Waals surface area contributed by atoms with Crippen molar-refractivity contribution >= 4 is 51.5 Å². The number of nitrogens with two attached hydrogens (primary N) is 1. The first kappa shape index (κ1) is 29.1. The molecule has 1 fully saturated rings. The van der Waals surface area contributed by atoms with E-state index in [1.165, 1.54) is 0 Å². The van der Waals surface area contributed by atoms with Gasteiger partial charge in [0.1, 0.15) is 6.61 Å². The highest BCUT2D eigenvalue weighted by atomic mass is 35.5. The number of sulfone groups is 1. The van der Waals surface area contributed by atoms with E-state index < -0.39 is 9.84 Å². The number of halogens is 2. The normalized spacial score (nSPS) is 14.8. The highest BCUT2D eigenvalue weighted by molar-refractivity contribution is 7.91. The summed E-state index contributed by atoms with van der Waals surface area (Å²) >= 11 is 0. The number of esters is 1. The van der Waals surface area contributed by atoms with E-state index in [1.54, 1.807) is 30.5 Å². The second-order valence-electron chi connectivity index (χ2n) is 8.47. The summed E-state index contributed by atoms with van der Waals surface area (Å²) in [4.78, 5) is 17.8. The molecular weight excluding hydrogens is 509 g/mol. The van der Waals surface area contributed by atoms with Crippen molar-refractivity contribution in [3.05, 3.63) is 60.3 Å². The maximum absolute atomic E-state index is 13.2. The minimum Gasteiger partial charge on any atom is -0.464 e. The van der Waals surface area contributed by atoms with Gasteiger partial charge in [-0.25, -0.2) is 8.42 Å². The average Bonchev–Trinajstić information content (AvgIpc) is 3.29. The minimum atomic E-state index is -3.59. The summed E-state index contributed by atoms with van der Waals surface area (Å²) in [6.45, 7) is 3.46. The predicted molar refractivity (Wildman–Crippen MR) is 142 cm³/mol. The van der Waals surface area contributed by atoms with Crippen molar-refractivity contribution in [2.75, 3.05) is 32.8 Å². The van der Waals surface area contributed by atoms with Gasteiger partial charge in [0.05, 0.1) is 15.3 Å². The number of hydrogen-bond acceptors (Lipinski definition) is 6. The van der Waals surface area contributed by atoms with Crippen LogP contribution in [-0.2, 0) is 19.4 Å². The molecule has 0 radical (unpaired) electrons. The van der Waals surface area contributed by atoms with E-state index in [2.05, 4.69) is 16.0 Å². The molecule has 2 aromatic carbocycles. The first-order chi connectivity index (χ1) is 16.0. The summed E-state index contributed by atoms with van der Waals surface area (Å²) in [6.07, 6.45) is 4.59. The number of rotatable bonds is 9. The van der Waals surface area contributed by atoms with Crippen molar-refractivity contribution in [3.63, 3.8) is 0 Å². The third kappa shape index (κ3) is 6.77. The highest BCUT2D eigenvalue weighted by Crippen LogP contribution is 2.36. The number of nitrogens with one attached hydrogen (secondary N) is 1. The van der Waals surface area contributed by atoms with Crippen molar-refractivity contribution in [2.45, 2.75) is 41.4 Å². The van der Waals surface area contributed by atoms with Gasteiger partial charge in [-0.1, -0.05) is 36.4 Å². The molecule has 0 aliphatic carbocycles. The fourth-order valence-corrected chi connectivity index (χ4v) is 5.96. The first-order valence-corrected chi connectivity index (χ1v) is 13.0. The van der Waals surface area contributed by atoms with Gasteiger partial charge in [0.25, 0.3) is 0 Å². The number of likely N-dealkylation sites (tertiary alicyclic amines) is 1. The van der Waals surface area contributed by atoms with Gasteiger partial charge in [-0.15, -0.1) is 24.8 Å². The molecule has 2 heterocycles. The van der Waals surface area contributed by atoms with Gasteiger partial charge in [0, 0.05) is 24.5 Å². The SMILES string of the molecule is Cl.Cl.NCCCC(=O)OCCN1CCC(c2cccc3c(S(=O)(=O)c4ccccc4)c[nH]c23)CC1. The van der Waals surface area contributed by atoms with Crippen LogP contribution in [-0.4, -0.2) is 57.1 Å². The molecule has 4 rings (SSSR count). The van der Waals surface area contributed by atoms with Gasteiger partial charge in [-0.2, -0.15) is 0 Å². The Hall–Kier alpha value is -2.10. The molecule has 35 heavy (non-hydrogen) atoms. The zero-order valence-corrected chi connectivity index (χ0v) is 22.0. The molecule has 10 heteroatoms. The fourth-order valence-electron chi connectivity index (χ4n) is 4.52. The second kappa shape index (κ2) is 13.3. The van der Waals surface area contributed by atoms with Crippen LogP contribution in [0.4, 0.5) is 0 Å². The molecule has 0 amide bonds. The summed E-state index contributed by atoms with van der Waals surface area (Å²) in [5, 5.41) is 0.739. The Morgan fingerprint density at radius 2 is 1.77 bits per heavy atom. The van der Waals surface area contributed by atoms with E-state index in [0.29, 0.717) is 41.7 Å². The molecule has 0 bridgehead atoms. The largest absolute Gasteiger partial charge is 0.464 e. The van der Waals surface area contributed by atoms with Gasteiger partial charge in [0.15, 0.2) is 0 Å². The zero-order chi connectivity index (χ0) is 23.3. The lowest BCUT2D eigenvalue weighted by Crippen LogP contribution is -2.35. The van der Waals surface area contributed by atoms with E-state index in [-0.39, 0.29) is 30.8 Å². The molecule has 7 nitrogen and oxygen atoms in total. The monoisotopic (exact) mass is 541 g/mol. The number of hydrogen-bond donors (Lipinski definition) is 2. The maximum Gasteiger partial charge on any atom is 0.305 e. The molecule has 1 aromatic heterocycles. The second-order valence-corrected chi connectivity index (χ2v) is 10.4. The molecule has 0 atom stereocenters. The number of nitrogens with zero attached hydrogens (tertiary/aromatic N) is 1. The molecule has 3 N–H and O–H groups in total. The molecular formula is C25H33Cl2N3O4S. The van der Waals surface area contributed by atoms with Crippen LogP contribution in [0.25, 0.3) is 10.9 Å². The van der Waals surface area contributed by atoms with Gasteiger partial charge in [0.2, 0.25) is 9.84 Å². The van der Waals surface area contributed by atoms with Crippen LogP contribution in [0.2, 0.25) is 0 Å². The number of aromatic amines is 1. The Morgan fingerprint density at radius 3 is 2.46 bits per heavy atom. The zero-order valence-electron chi connectivity index (χ0n) is 19.5. The van der Waals surface area contributed by atoms with Gasteiger partial charge >= 0.3 is 5.97 Å². The topological polar surface area (TPSA) is 105 Å². The Bertz CT molecular complexity index is 1190. The smallest absolute Gasteiger partial charge is 0.305 e. The summed E-state index contributed by atoms with van der Waals surface area (Å²) in [7, 11) is -3.59. The van der Waals surface area contributed by atoms with Crippen molar-refractivity contribution in [1.29, 1.82) is 0 Å². The number of H-pyrrole nitrogens is 1. The number of fused-ring (bicyclic) bond motifs is 1. The average molecular weight is 543 g/mol. The van der Waals surface area contributed by atoms with E-state index in [9.17, 15) is 13.2 Å². The van der Waals surface area contributed by atoms with Gasteiger partial charge in [-0.05, 0) is 62.5 Å². The number of piperidine rings is 1. The molecule has 3 aromatic rings. The minimum absolute atomic E-state index is 0. The Labute approximate surface area is 219 Å². The van der Waals surface area contributed by atoms with Crippen LogP contribution < -0.4 is 5.73 Å². The van der Waals surface area contributed by atoms with Crippen molar-refractivity contribution in [2.24, 2.45) is 5.73 Å². The van der Waals surface area contributed by atoms with Crippen LogP contribution in [0.3, 0.4) is 0 Å². The van der Waals surface area contributed by atoms with Crippen molar-refractivity contribution < 1.29 is 17.9 Å². The van der Waals surface area contributed by atoms with Gasteiger partial charge in [-0.3, -0.25) is 9.69 Å². The number of para-hydroxylation sites is 1. The lowest BCUT2D eigenvalue weighted by molar-refractivity contribution is -0.144. The quantitative estimate of drug-likeness (QED) is 0.391. The Balaban J connectivity index is 0.00000216. The molecule has 1 saturated heterocycles. The van der Waals surface area contributed by atoms with Crippen LogP contribution in [0.15, 0.2) is 64.5 Å². The number of aromatic nitrogens is 1. The fraction of sp³-hybridized carbons (Fsp3) is 0.400. The van der Waals surface area contributed by atoms with Crippen molar-refractivity contribution in [3.8, 4) is 0 Å². The maximum atomic E-state index is 13.2. The number of ether oxygens (including phenoxy) is 1. The van der Waals surface area contributed by atoms with E-state index in [4.69, 9.17) is 10.5 Å². The lowest BCUT2D eigenvalue weighted by Gasteiger charge is -2.32. The van der Waals surface area contributed by atoms with E-state index in [1.807, 2.05) is 18.2 Å². The standard InChI is InChI=1S/C25H31N3O4S.2ClH/c26-13-5-10-24(29)32-17-16-28-14-11-19(12-15-28)21-8-4-9-22-23(18-27-25(21)22)33(30,31)20-6-2-1-3-7-20;;/h1-4,6-9,18-19,27H,5,10-17,26H2;2*1H. The third-order valence-corrected chi connectivity index (χ3v) is 8.15. The molecule has 0 saturated carbocycles. The van der Waals surface area contributed by atoms with Crippen molar-refractivity contribution in [1.82, 2.24) is 9.88 Å². The van der Waals surface area contributed by atoms with E-state index >= 15 is 0 Å². The highest BCUT2D eigenvalue weighted by Gasteiger charge is 2.26. The first-order valence-electron chi connectivity index (χ1n) is 11.5. The van der Waals surface area contributed by atoms with Crippen LogP contribution in [0.5, 0.6) is 0 Å². The molecule has 192 valence electrons. The molecule has 0 unspecified atom stereocenters.